The lowest BCUT2D eigenvalue weighted by molar-refractivity contribution is 0.675. The number of aromatic nitrogens is 1. The Morgan fingerprint density at radius 3 is 1.96 bits per heavy atom. The topological polar surface area (TPSA) is 41.7 Å². The molecule has 0 spiro atoms. The van der Waals surface area contributed by atoms with Gasteiger partial charge in [-0.05, 0) is 59.2 Å². The lowest BCUT2D eigenvalue weighted by Crippen LogP contribution is -2.33. The van der Waals surface area contributed by atoms with Crippen LogP contribution in [0.2, 0.25) is 0 Å². The highest BCUT2D eigenvalue weighted by Gasteiger charge is 2.23. The van der Waals surface area contributed by atoms with Crippen LogP contribution in [0.25, 0.3) is 79.0 Å². The van der Waals surface area contributed by atoms with E-state index in [0.717, 1.165) is 28.4 Å². The van der Waals surface area contributed by atoms with Crippen molar-refractivity contribution in [1.82, 2.24) is 9.88 Å². The molecule has 57 heavy (non-hydrogen) atoms. The zero-order valence-electron chi connectivity index (χ0n) is 30.6. The zero-order valence-corrected chi connectivity index (χ0v) is 32.2. The van der Waals surface area contributed by atoms with Crippen LogP contribution in [0.1, 0.15) is 22.9 Å². The Labute approximate surface area is 336 Å². The summed E-state index contributed by atoms with van der Waals surface area (Å²) in [5, 5.41) is 11.3. The van der Waals surface area contributed by atoms with Crippen molar-refractivity contribution >= 4 is 96.5 Å². The lowest BCUT2D eigenvalue weighted by Gasteiger charge is -2.23. The summed E-state index contributed by atoms with van der Waals surface area (Å²) in [6.45, 7) is 0. The lowest BCUT2D eigenvalue weighted by atomic mass is 10.0. The van der Waals surface area contributed by atoms with Crippen molar-refractivity contribution in [3.05, 3.63) is 199 Å². The first kappa shape index (κ1) is 32.4. The van der Waals surface area contributed by atoms with Crippen LogP contribution in [0.15, 0.2) is 192 Å². The van der Waals surface area contributed by atoms with Gasteiger partial charge in [-0.25, -0.2) is 9.98 Å². The standard InChI is InChI=1S/C51H32N4S2/c1-3-13-31(14-4-1)49-52-50(32-15-5-2-6-16-32)54-51(53-49)34-26-28-44-40(29-34)38-27-25-33(30-46(38)56-44)35-19-11-20-39-47-43(23-12-24-45(47)57-48(35)39)55-41-21-9-7-17-36(41)37-18-8-10-22-42(37)55/h1-30,51H,(H,52,53,54). The number of thiophene rings is 2. The van der Waals surface area contributed by atoms with E-state index in [4.69, 9.17) is 9.98 Å². The predicted octanol–water partition coefficient (Wildman–Crippen LogP) is 13.7. The largest absolute Gasteiger partial charge is 0.344 e. The maximum atomic E-state index is 5.14. The van der Waals surface area contributed by atoms with Crippen LogP contribution in [0.3, 0.4) is 0 Å². The summed E-state index contributed by atoms with van der Waals surface area (Å²) in [5.74, 6) is 1.56. The minimum atomic E-state index is -0.274. The Morgan fingerprint density at radius 1 is 0.474 bits per heavy atom. The molecule has 11 aromatic rings. The zero-order chi connectivity index (χ0) is 37.5. The van der Waals surface area contributed by atoms with E-state index in [0.29, 0.717) is 0 Å². The van der Waals surface area contributed by atoms with Gasteiger partial charge < -0.3 is 9.88 Å². The maximum Gasteiger partial charge on any atom is 0.159 e. The van der Waals surface area contributed by atoms with E-state index in [1.807, 2.05) is 59.1 Å². The van der Waals surface area contributed by atoms with Gasteiger partial charge in [0.15, 0.2) is 5.84 Å². The molecule has 0 fully saturated rings. The third kappa shape index (κ3) is 5.18. The molecule has 0 saturated carbocycles. The van der Waals surface area contributed by atoms with Crippen molar-refractivity contribution in [2.24, 2.45) is 9.98 Å². The van der Waals surface area contributed by atoms with Gasteiger partial charge in [-0.2, -0.15) is 0 Å². The van der Waals surface area contributed by atoms with Crippen LogP contribution in [-0.4, -0.2) is 16.2 Å². The van der Waals surface area contributed by atoms with E-state index in [-0.39, 0.29) is 6.17 Å². The molecule has 6 heteroatoms. The molecule has 1 atom stereocenters. The molecule has 1 N–H and O–H groups in total. The second-order valence-electron chi connectivity index (χ2n) is 14.6. The average Bonchev–Trinajstić information content (AvgIpc) is 3.96. The molecule has 0 amide bonds. The first-order valence-electron chi connectivity index (χ1n) is 19.2. The van der Waals surface area contributed by atoms with Gasteiger partial charge in [-0.3, -0.25) is 0 Å². The summed E-state index contributed by atoms with van der Waals surface area (Å²) in [6, 6.07) is 65.4. The summed E-state index contributed by atoms with van der Waals surface area (Å²) < 4.78 is 7.61. The molecule has 1 aliphatic rings. The second kappa shape index (κ2) is 12.8. The van der Waals surface area contributed by atoms with Gasteiger partial charge in [0, 0.05) is 62.2 Å². The van der Waals surface area contributed by atoms with Crippen molar-refractivity contribution in [3.63, 3.8) is 0 Å². The third-order valence-electron chi connectivity index (χ3n) is 11.3. The molecular formula is C51H32N4S2. The number of benzene rings is 8. The average molecular weight is 765 g/mol. The molecule has 268 valence electrons. The van der Waals surface area contributed by atoms with Gasteiger partial charge in [0.05, 0.1) is 16.7 Å². The van der Waals surface area contributed by atoms with Crippen LogP contribution >= 0.6 is 22.7 Å². The van der Waals surface area contributed by atoms with Gasteiger partial charge in [0.2, 0.25) is 0 Å². The first-order valence-corrected chi connectivity index (χ1v) is 20.8. The van der Waals surface area contributed by atoms with E-state index >= 15 is 0 Å². The van der Waals surface area contributed by atoms with Crippen molar-refractivity contribution in [2.45, 2.75) is 6.17 Å². The van der Waals surface area contributed by atoms with Gasteiger partial charge in [0.1, 0.15) is 12.0 Å². The molecule has 0 bridgehead atoms. The molecular weight excluding hydrogens is 733 g/mol. The fourth-order valence-electron chi connectivity index (χ4n) is 8.64. The number of amidine groups is 2. The van der Waals surface area contributed by atoms with Crippen LogP contribution in [-0.2, 0) is 0 Å². The monoisotopic (exact) mass is 764 g/mol. The molecule has 4 heterocycles. The van der Waals surface area contributed by atoms with Crippen molar-refractivity contribution in [3.8, 4) is 16.8 Å². The Kier molecular flexibility index (Phi) is 7.30. The normalized spacial score (nSPS) is 14.5. The third-order valence-corrected chi connectivity index (χ3v) is 13.6. The van der Waals surface area contributed by atoms with Crippen LogP contribution in [0, 0.1) is 0 Å². The minimum absolute atomic E-state index is 0.274. The number of para-hydroxylation sites is 2. The number of hydrogen-bond donors (Lipinski definition) is 1. The molecule has 3 aromatic heterocycles. The fourth-order valence-corrected chi connectivity index (χ4v) is 11.0. The summed E-state index contributed by atoms with van der Waals surface area (Å²) in [7, 11) is 0. The molecule has 8 aromatic carbocycles. The van der Waals surface area contributed by atoms with Gasteiger partial charge in [-0.15, -0.1) is 22.7 Å². The second-order valence-corrected chi connectivity index (χ2v) is 16.7. The molecule has 0 saturated heterocycles. The van der Waals surface area contributed by atoms with Crippen LogP contribution in [0.4, 0.5) is 0 Å². The van der Waals surface area contributed by atoms with Gasteiger partial charge in [0.25, 0.3) is 0 Å². The first-order chi connectivity index (χ1) is 28.2. The summed E-state index contributed by atoms with van der Waals surface area (Å²) in [6.07, 6.45) is -0.274. The fraction of sp³-hybridized carbons (Fsp3) is 0.0196. The highest BCUT2D eigenvalue weighted by atomic mass is 32.1. The predicted molar refractivity (Wildman–Crippen MR) is 244 cm³/mol. The number of fused-ring (bicyclic) bond motifs is 9. The van der Waals surface area contributed by atoms with Crippen LogP contribution in [0.5, 0.6) is 0 Å². The Hall–Kier alpha value is -6.86. The Morgan fingerprint density at radius 2 is 1.18 bits per heavy atom. The Balaban J connectivity index is 0.962. The summed E-state index contributed by atoms with van der Waals surface area (Å²) >= 11 is 3.75. The van der Waals surface area contributed by atoms with E-state index in [2.05, 4.69) is 155 Å². The number of nitrogens with one attached hydrogen (secondary N) is 1. The smallest absolute Gasteiger partial charge is 0.159 e. The highest BCUT2D eigenvalue weighted by molar-refractivity contribution is 7.26. The number of nitrogens with zero attached hydrogens (tertiary/aromatic N) is 3. The molecule has 12 rings (SSSR count). The van der Waals surface area contributed by atoms with E-state index < -0.39 is 0 Å². The molecule has 0 aliphatic carbocycles. The van der Waals surface area contributed by atoms with Crippen molar-refractivity contribution < 1.29 is 0 Å². The molecule has 0 radical (unpaired) electrons. The van der Waals surface area contributed by atoms with Crippen molar-refractivity contribution in [1.29, 1.82) is 0 Å². The summed E-state index contributed by atoms with van der Waals surface area (Å²) in [4.78, 5) is 10.1. The van der Waals surface area contributed by atoms with E-state index in [1.54, 1.807) is 0 Å². The highest BCUT2D eigenvalue weighted by Crippen LogP contribution is 2.45. The number of aliphatic imine (C=N–C) groups is 2. The van der Waals surface area contributed by atoms with Crippen molar-refractivity contribution in [2.75, 3.05) is 0 Å². The number of hydrogen-bond acceptors (Lipinski definition) is 5. The summed E-state index contributed by atoms with van der Waals surface area (Å²) in [5.41, 5.74) is 9.33. The quantitative estimate of drug-likeness (QED) is 0.186. The van der Waals surface area contributed by atoms with Gasteiger partial charge in [-0.1, -0.05) is 140 Å². The maximum absolute atomic E-state index is 5.14. The molecule has 1 unspecified atom stereocenters. The number of rotatable bonds is 5. The minimum Gasteiger partial charge on any atom is -0.344 e. The molecule has 4 nitrogen and oxygen atoms in total. The van der Waals surface area contributed by atoms with E-state index in [1.165, 1.54) is 79.0 Å². The molecule has 1 aliphatic heterocycles. The SMILES string of the molecule is c1ccc(C2=NC(c3ccc4sc5cc(-c6cccc7c6sc6cccc(-n8c9ccccc9c9ccccc98)c67)ccc5c4c3)NC(c3ccccc3)=N2)cc1. The van der Waals surface area contributed by atoms with Crippen LogP contribution < -0.4 is 5.32 Å². The van der Waals surface area contributed by atoms with E-state index in [9.17, 15) is 0 Å². The van der Waals surface area contributed by atoms with Gasteiger partial charge >= 0.3 is 0 Å². The Bertz CT molecular complexity index is 3390.